The van der Waals surface area contributed by atoms with Crippen molar-refractivity contribution in [3.63, 3.8) is 0 Å². The predicted octanol–water partition coefficient (Wildman–Crippen LogP) is 1.89. The summed E-state index contributed by atoms with van der Waals surface area (Å²) in [6, 6.07) is 11.8. The van der Waals surface area contributed by atoms with E-state index in [1.54, 1.807) is 36.4 Å². The summed E-state index contributed by atoms with van der Waals surface area (Å²) in [7, 11) is 0. The topological polar surface area (TPSA) is 87.5 Å². The summed E-state index contributed by atoms with van der Waals surface area (Å²) in [5.74, 6) is 0.0613. The Labute approximate surface area is 119 Å². The molecule has 6 nitrogen and oxygen atoms in total. The molecule has 6 heteroatoms. The average molecular weight is 281 g/mol. The Balaban J connectivity index is 1.89. The van der Waals surface area contributed by atoms with Crippen LogP contribution in [-0.4, -0.2) is 17.1 Å². The molecule has 2 N–H and O–H groups in total. The summed E-state index contributed by atoms with van der Waals surface area (Å²) in [6.07, 6.45) is 2.89. The van der Waals surface area contributed by atoms with Crippen molar-refractivity contribution in [3.05, 3.63) is 70.4 Å². The summed E-state index contributed by atoms with van der Waals surface area (Å²) in [5.41, 5.74) is 2.91. The monoisotopic (exact) mass is 281 g/mol. The highest BCUT2D eigenvalue weighted by Gasteiger charge is 2.10. The Morgan fingerprint density at radius 1 is 1.24 bits per heavy atom. The van der Waals surface area contributed by atoms with Crippen LogP contribution in [0, 0.1) is 0 Å². The lowest BCUT2D eigenvalue weighted by molar-refractivity contribution is 0.0956. The number of carbonyl (C=O) groups excluding carboxylic acids is 1. The van der Waals surface area contributed by atoms with Crippen molar-refractivity contribution >= 4 is 23.0 Å². The number of nitrogens with zero attached hydrogens (tertiary/aromatic N) is 1. The zero-order valence-electron chi connectivity index (χ0n) is 10.9. The molecule has 2 aromatic heterocycles. The van der Waals surface area contributed by atoms with Crippen molar-refractivity contribution in [3.8, 4) is 0 Å². The van der Waals surface area contributed by atoms with E-state index < -0.39 is 5.91 Å². The zero-order valence-corrected chi connectivity index (χ0v) is 10.9. The van der Waals surface area contributed by atoms with Crippen LogP contribution in [0.15, 0.2) is 63.0 Å². The molecule has 3 rings (SSSR count). The van der Waals surface area contributed by atoms with Crippen LogP contribution in [0.4, 0.5) is 0 Å². The second kappa shape index (κ2) is 5.46. The quantitative estimate of drug-likeness (QED) is 0.567. The Kier molecular flexibility index (Phi) is 3.34. The second-order valence-corrected chi connectivity index (χ2v) is 4.31. The summed E-state index contributed by atoms with van der Waals surface area (Å²) < 4.78 is 5.05. The van der Waals surface area contributed by atoms with Crippen LogP contribution in [0.2, 0.25) is 0 Å². The van der Waals surface area contributed by atoms with Gasteiger partial charge in [0.1, 0.15) is 5.76 Å². The van der Waals surface area contributed by atoms with Crippen molar-refractivity contribution in [2.75, 3.05) is 0 Å². The molecule has 0 unspecified atom stereocenters. The molecule has 0 saturated carbocycles. The number of H-pyrrole nitrogens is 1. The van der Waals surface area contributed by atoms with Gasteiger partial charge in [0.05, 0.1) is 18.0 Å². The summed E-state index contributed by atoms with van der Waals surface area (Å²) >= 11 is 0. The number of fused-ring (bicyclic) bond motifs is 1. The number of nitrogens with one attached hydrogen (secondary N) is 2. The van der Waals surface area contributed by atoms with Crippen LogP contribution >= 0.6 is 0 Å². The molecule has 1 aromatic carbocycles. The molecule has 0 radical (unpaired) electrons. The first kappa shape index (κ1) is 12.9. The number of amides is 1. The van der Waals surface area contributed by atoms with Crippen molar-refractivity contribution in [1.29, 1.82) is 0 Å². The number of aromatic amines is 1. The predicted molar refractivity (Wildman–Crippen MR) is 78.3 cm³/mol. The van der Waals surface area contributed by atoms with Gasteiger partial charge in [0, 0.05) is 17.0 Å². The highest BCUT2D eigenvalue weighted by Crippen LogP contribution is 2.14. The maximum absolute atomic E-state index is 12.1. The molecule has 0 saturated heterocycles. The highest BCUT2D eigenvalue weighted by atomic mass is 16.3. The van der Waals surface area contributed by atoms with E-state index in [4.69, 9.17) is 4.42 Å². The number of furan rings is 1. The van der Waals surface area contributed by atoms with Crippen LogP contribution in [0.3, 0.4) is 0 Å². The lowest BCUT2D eigenvalue weighted by atomic mass is 10.1. The first-order valence-electron chi connectivity index (χ1n) is 6.23. The zero-order chi connectivity index (χ0) is 14.7. The van der Waals surface area contributed by atoms with Crippen LogP contribution in [0.5, 0.6) is 0 Å². The molecular weight excluding hydrogens is 270 g/mol. The molecular formula is C15H11N3O3. The van der Waals surface area contributed by atoms with E-state index in [9.17, 15) is 9.59 Å². The number of rotatable bonds is 3. The van der Waals surface area contributed by atoms with Gasteiger partial charge >= 0.3 is 0 Å². The molecule has 2 heterocycles. The van der Waals surface area contributed by atoms with Gasteiger partial charge in [0.25, 0.3) is 5.91 Å². The Hall–Kier alpha value is -3.15. The summed E-state index contributed by atoms with van der Waals surface area (Å²) in [4.78, 5) is 26.4. The maximum atomic E-state index is 12.1. The minimum atomic E-state index is -0.458. The third-order valence-corrected chi connectivity index (χ3v) is 2.90. The van der Waals surface area contributed by atoms with Crippen molar-refractivity contribution < 1.29 is 9.21 Å². The number of hydrogen-bond acceptors (Lipinski definition) is 4. The smallest absolute Gasteiger partial charge is 0.272 e. The lowest BCUT2D eigenvalue weighted by Gasteiger charge is -2.04. The van der Waals surface area contributed by atoms with Gasteiger partial charge in [-0.2, -0.15) is 5.10 Å². The Bertz CT molecular complexity index is 863. The summed E-state index contributed by atoms with van der Waals surface area (Å²) in [5, 5.41) is 4.45. The van der Waals surface area contributed by atoms with E-state index in [0.717, 1.165) is 0 Å². The van der Waals surface area contributed by atoms with Crippen LogP contribution in [-0.2, 0) is 0 Å². The molecule has 0 aliphatic heterocycles. The lowest BCUT2D eigenvalue weighted by Crippen LogP contribution is -2.20. The van der Waals surface area contributed by atoms with Gasteiger partial charge in [0.2, 0.25) is 5.56 Å². The highest BCUT2D eigenvalue weighted by molar-refractivity contribution is 6.06. The fourth-order valence-electron chi connectivity index (χ4n) is 1.97. The number of aromatic nitrogens is 1. The molecule has 21 heavy (non-hydrogen) atoms. The number of benzene rings is 1. The minimum Gasteiger partial charge on any atom is -0.463 e. The molecule has 0 fully saturated rings. The fraction of sp³-hybridized carbons (Fsp3) is 0. The molecule has 0 spiro atoms. The van der Waals surface area contributed by atoms with E-state index in [1.165, 1.54) is 18.5 Å². The molecule has 0 bridgehead atoms. The SMILES string of the molecule is O=C(N/N=C\c1ccco1)c1cc(=O)[nH]c2ccccc12. The van der Waals surface area contributed by atoms with Crippen LogP contribution in [0.1, 0.15) is 16.1 Å². The van der Waals surface area contributed by atoms with E-state index in [0.29, 0.717) is 16.7 Å². The van der Waals surface area contributed by atoms with Gasteiger partial charge in [-0.15, -0.1) is 0 Å². The molecule has 104 valence electrons. The second-order valence-electron chi connectivity index (χ2n) is 4.31. The van der Waals surface area contributed by atoms with Crippen molar-refractivity contribution in [1.82, 2.24) is 10.4 Å². The first-order valence-corrected chi connectivity index (χ1v) is 6.23. The van der Waals surface area contributed by atoms with Gasteiger partial charge in [-0.25, -0.2) is 5.43 Å². The fourth-order valence-corrected chi connectivity index (χ4v) is 1.97. The summed E-state index contributed by atoms with van der Waals surface area (Å²) in [6.45, 7) is 0. The van der Waals surface area contributed by atoms with Crippen molar-refractivity contribution in [2.45, 2.75) is 0 Å². The number of hydrogen-bond donors (Lipinski definition) is 2. The molecule has 0 aliphatic rings. The maximum Gasteiger partial charge on any atom is 0.272 e. The number of pyridine rings is 1. The normalized spacial score (nSPS) is 11.0. The van der Waals surface area contributed by atoms with Crippen LogP contribution < -0.4 is 11.0 Å². The third kappa shape index (κ3) is 2.74. The van der Waals surface area contributed by atoms with Gasteiger partial charge < -0.3 is 9.40 Å². The largest absolute Gasteiger partial charge is 0.463 e. The van der Waals surface area contributed by atoms with Crippen molar-refractivity contribution in [2.24, 2.45) is 5.10 Å². The standard InChI is InChI=1S/C15H11N3O3/c19-14-8-12(11-5-1-2-6-13(11)17-14)15(20)18-16-9-10-4-3-7-21-10/h1-9H,(H,17,19)(H,18,20)/b16-9-. The van der Waals surface area contributed by atoms with E-state index in [-0.39, 0.29) is 11.1 Å². The number of hydrazone groups is 1. The Morgan fingerprint density at radius 3 is 2.90 bits per heavy atom. The molecule has 3 aromatic rings. The van der Waals surface area contributed by atoms with E-state index >= 15 is 0 Å². The van der Waals surface area contributed by atoms with E-state index in [1.807, 2.05) is 0 Å². The average Bonchev–Trinajstić information content (AvgIpc) is 2.99. The molecule has 0 atom stereocenters. The molecule has 0 aliphatic carbocycles. The van der Waals surface area contributed by atoms with Crippen LogP contribution in [0.25, 0.3) is 10.9 Å². The van der Waals surface area contributed by atoms with Gasteiger partial charge in [-0.3, -0.25) is 9.59 Å². The Morgan fingerprint density at radius 2 is 2.10 bits per heavy atom. The van der Waals surface area contributed by atoms with Gasteiger partial charge in [-0.1, -0.05) is 18.2 Å². The van der Waals surface area contributed by atoms with Gasteiger partial charge in [0.15, 0.2) is 0 Å². The van der Waals surface area contributed by atoms with E-state index in [2.05, 4.69) is 15.5 Å². The van der Waals surface area contributed by atoms with Gasteiger partial charge in [-0.05, 0) is 18.2 Å². The molecule has 1 amide bonds. The first-order chi connectivity index (χ1) is 10.2. The number of carbonyl (C=O) groups is 1. The number of para-hydroxylation sites is 1. The minimum absolute atomic E-state index is 0.269. The third-order valence-electron chi connectivity index (χ3n) is 2.90.